The van der Waals surface area contributed by atoms with Crippen LogP contribution in [0.25, 0.3) is 5.69 Å². The van der Waals surface area contributed by atoms with Crippen LogP contribution < -0.4 is 14.4 Å². The first kappa shape index (κ1) is 28.4. The Kier molecular flexibility index (Phi) is 8.06. The van der Waals surface area contributed by atoms with Gasteiger partial charge in [0, 0.05) is 24.1 Å². The number of nitrogens with zero attached hydrogens (tertiary/aromatic N) is 4. The fourth-order valence-corrected chi connectivity index (χ4v) is 6.75. The highest BCUT2D eigenvalue weighted by molar-refractivity contribution is 8.00. The number of para-hydroxylation sites is 1. The number of benzene rings is 2. The summed E-state index contributed by atoms with van der Waals surface area (Å²) in [4.78, 5) is 30.8. The van der Waals surface area contributed by atoms with Crippen LogP contribution in [0.2, 0.25) is 5.02 Å². The first-order chi connectivity index (χ1) is 19.1. The van der Waals surface area contributed by atoms with Crippen molar-refractivity contribution in [2.45, 2.75) is 44.3 Å². The second kappa shape index (κ2) is 11.4. The molecular formula is C30H35ClN4O4S. The largest absolute Gasteiger partial charge is 0.493 e. The lowest BCUT2D eigenvalue weighted by molar-refractivity contribution is -0.130. The third-order valence-corrected chi connectivity index (χ3v) is 8.92. The highest BCUT2D eigenvalue weighted by atomic mass is 35.5. The Hall–Kier alpha value is -3.17. The van der Waals surface area contributed by atoms with E-state index in [0.29, 0.717) is 41.1 Å². The summed E-state index contributed by atoms with van der Waals surface area (Å²) in [5.74, 6) is 1.82. The molecule has 1 atom stereocenters. The molecule has 10 heteroatoms. The van der Waals surface area contributed by atoms with Crippen molar-refractivity contribution in [3.8, 4) is 17.2 Å². The third kappa shape index (κ3) is 5.29. The Morgan fingerprint density at radius 3 is 2.42 bits per heavy atom. The summed E-state index contributed by atoms with van der Waals surface area (Å²) in [6.07, 6.45) is 1.96. The molecule has 1 saturated heterocycles. The van der Waals surface area contributed by atoms with E-state index in [1.807, 2.05) is 41.3 Å². The van der Waals surface area contributed by atoms with E-state index in [-0.39, 0.29) is 34.8 Å². The molecule has 1 unspecified atom stereocenters. The van der Waals surface area contributed by atoms with Gasteiger partial charge in [-0.3, -0.25) is 14.5 Å². The minimum absolute atomic E-state index is 0.0508. The molecule has 3 aromatic rings. The SMILES string of the molecule is COc1ccc(C2SCC(=O)N(CC(=O)N3CCCC3)c3c2c(C(C)(C)C)nn3-c2ccccc2Cl)cc1OC. The molecule has 40 heavy (non-hydrogen) atoms. The lowest BCUT2D eigenvalue weighted by Crippen LogP contribution is -2.43. The molecule has 3 heterocycles. The van der Waals surface area contributed by atoms with E-state index < -0.39 is 0 Å². The number of carbonyl (C=O) groups is 2. The van der Waals surface area contributed by atoms with Gasteiger partial charge in [-0.25, -0.2) is 4.68 Å². The molecule has 2 aliphatic rings. The predicted octanol–water partition coefficient (Wildman–Crippen LogP) is 5.63. The number of amides is 2. The van der Waals surface area contributed by atoms with Gasteiger partial charge in [0.25, 0.3) is 0 Å². The number of hydrogen-bond acceptors (Lipinski definition) is 6. The second-order valence-corrected chi connectivity index (χ2v) is 12.6. The number of hydrogen-bond donors (Lipinski definition) is 0. The van der Waals surface area contributed by atoms with Crippen LogP contribution in [0.4, 0.5) is 5.82 Å². The van der Waals surface area contributed by atoms with Crippen molar-refractivity contribution in [3.63, 3.8) is 0 Å². The van der Waals surface area contributed by atoms with Crippen LogP contribution in [0.1, 0.15) is 55.7 Å². The van der Waals surface area contributed by atoms with Crippen molar-refractivity contribution in [3.05, 3.63) is 64.3 Å². The minimum Gasteiger partial charge on any atom is -0.493 e. The van der Waals surface area contributed by atoms with Gasteiger partial charge < -0.3 is 14.4 Å². The number of thioether (sulfide) groups is 1. The van der Waals surface area contributed by atoms with Crippen molar-refractivity contribution in [1.29, 1.82) is 0 Å². The topological polar surface area (TPSA) is 76.9 Å². The van der Waals surface area contributed by atoms with Gasteiger partial charge in [-0.05, 0) is 42.7 Å². The Morgan fingerprint density at radius 1 is 1.07 bits per heavy atom. The normalized spacial score (nSPS) is 17.6. The number of ether oxygens (including phenoxy) is 2. The molecule has 2 aromatic carbocycles. The number of fused-ring (bicyclic) bond motifs is 1. The zero-order chi connectivity index (χ0) is 28.6. The molecule has 0 aliphatic carbocycles. The van der Waals surface area contributed by atoms with Crippen molar-refractivity contribution >= 4 is 41.0 Å². The molecule has 1 aromatic heterocycles. The van der Waals surface area contributed by atoms with Crippen LogP contribution in [0.15, 0.2) is 42.5 Å². The van der Waals surface area contributed by atoms with Gasteiger partial charge in [0.15, 0.2) is 11.5 Å². The molecule has 8 nitrogen and oxygen atoms in total. The van der Waals surface area contributed by atoms with Crippen molar-refractivity contribution in [2.24, 2.45) is 0 Å². The second-order valence-electron chi connectivity index (χ2n) is 11.1. The minimum atomic E-state index is -0.371. The highest BCUT2D eigenvalue weighted by Gasteiger charge is 2.41. The molecule has 0 bridgehead atoms. The van der Waals surface area contributed by atoms with Crippen molar-refractivity contribution in [2.75, 3.05) is 44.5 Å². The first-order valence-electron chi connectivity index (χ1n) is 13.4. The quantitative estimate of drug-likeness (QED) is 0.375. The van der Waals surface area contributed by atoms with Gasteiger partial charge in [0.2, 0.25) is 11.8 Å². The Balaban J connectivity index is 1.76. The number of aromatic nitrogens is 2. The monoisotopic (exact) mass is 582 g/mol. The molecule has 0 radical (unpaired) electrons. The van der Waals surface area contributed by atoms with E-state index in [2.05, 4.69) is 20.8 Å². The van der Waals surface area contributed by atoms with Crippen LogP contribution in [0.3, 0.4) is 0 Å². The fourth-order valence-electron chi connectivity index (χ4n) is 5.35. The Morgan fingerprint density at radius 2 is 1.77 bits per heavy atom. The van der Waals surface area contributed by atoms with Crippen LogP contribution in [-0.2, 0) is 15.0 Å². The molecule has 212 valence electrons. The van der Waals surface area contributed by atoms with Gasteiger partial charge >= 0.3 is 0 Å². The first-order valence-corrected chi connectivity index (χ1v) is 14.9. The molecular weight excluding hydrogens is 548 g/mol. The Bertz CT molecular complexity index is 1430. The van der Waals surface area contributed by atoms with E-state index in [0.717, 1.165) is 29.7 Å². The third-order valence-electron chi connectivity index (χ3n) is 7.34. The van der Waals surface area contributed by atoms with Gasteiger partial charge in [-0.2, -0.15) is 5.10 Å². The van der Waals surface area contributed by atoms with Gasteiger partial charge in [-0.1, -0.05) is 50.6 Å². The lowest BCUT2D eigenvalue weighted by atomic mass is 9.87. The van der Waals surface area contributed by atoms with Gasteiger partial charge in [0.1, 0.15) is 12.4 Å². The van der Waals surface area contributed by atoms with Gasteiger partial charge in [0.05, 0.1) is 41.6 Å². The molecule has 2 amide bonds. The van der Waals surface area contributed by atoms with Gasteiger partial charge in [-0.15, -0.1) is 11.8 Å². The number of carbonyl (C=O) groups excluding carboxylic acids is 2. The molecule has 0 spiro atoms. The fraction of sp³-hybridized carbons (Fsp3) is 0.433. The zero-order valence-corrected chi connectivity index (χ0v) is 25.1. The average Bonchev–Trinajstić information content (AvgIpc) is 3.58. The van der Waals surface area contributed by atoms with E-state index in [1.54, 1.807) is 29.9 Å². The van der Waals surface area contributed by atoms with Crippen LogP contribution in [0.5, 0.6) is 11.5 Å². The number of rotatable bonds is 6. The number of halogens is 1. The molecule has 2 aliphatic heterocycles. The van der Waals surface area contributed by atoms with Crippen molar-refractivity contribution < 1.29 is 19.1 Å². The smallest absolute Gasteiger partial charge is 0.242 e. The maximum Gasteiger partial charge on any atom is 0.242 e. The molecule has 1 fully saturated rings. The van der Waals surface area contributed by atoms with Crippen LogP contribution in [0, 0.1) is 0 Å². The summed E-state index contributed by atoms with van der Waals surface area (Å²) in [7, 11) is 3.22. The molecule has 0 N–H and O–H groups in total. The number of methoxy groups -OCH3 is 2. The van der Waals surface area contributed by atoms with Crippen LogP contribution in [-0.4, -0.2) is 66.1 Å². The molecule has 0 saturated carbocycles. The number of anilines is 1. The molecule has 5 rings (SSSR count). The number of likely N-dealkylation sites (tertiary alicyclic amines) is 1. The zero-order valence-electron chi connectivity index (χ0n) is 23.6. The lowest BCUT2D eigenvalue weighted by Gasteiger charge is -2.26. The highest BCUT2D eigenvalue weighted by Crippen LogP contribution is 2.49. The summed E-state index contributed by atoms with van der Waals surface area (Å²) >= 11 is 8.24. The summed E-state index contributed by atoms with van der Waals surface area (Å²) < 4.78 is 12.9. The maximum atomic E-state index is 13.9. The summed E-state index contributed by atoms with van der Waals surface area (Å²) in [5, 5.41) is 5.37. The summed E-state index contributed by atoms with van der Waals surface area (Å²) in [5.41, 5.74) is 2.96. The van der Waals surface area contributed by atoms with E-state index in [1.165, 1.54) is 11.8 Å². The standard InChI is InChI=1S/C30H35ClN4O4S/c1-30(2,3)28-26-27(19-12-13-22(38-4)23(16-19)39-5)40-18-25(37)34(17-24(36)33-14-8-9-15-33)29(26)35(32-28)21-11-7-6-10-20(21)31/h6-7,10-13,16,27H,8-9,14-15,17-18H2,1-5H3. The maximum absolute atomic E-state index is 13.9. The van der Waals surface area contributed by atoms with Crippen LogP contribution >= 0.6 is 23.4 Å². The average molecular weight is 583 g/mol. The summed E-state index contributed by atoms with van der Waals surface area (Å²) in [6.45, 7) is 7.70. The van der Waals surface area contributed by atoms with Crippen molar-refractivity contribution in [1.82, 2.24) is 14.7 Å². The van der Waals surface area contributed by atoms with E-state index in [9.17, 15) is 9.59 Å². The Labute approximate surface area is 244 Å². The predicted molar refractivity (Wildman–Crippen MR) is 159 cm³/mol. The van der Waals surface area contributed by atoms with E-state index in [4.69, 9.17) is 26.2 Å². The summed E-state index contributed by atoms with van der Waals surface area (Å²) in [6, 6.07) is 13.3. The van der Waals surface area contributed by atoms with E-state index >= 15 is 0 Å².